The number of amides is 1. The largest absolute Gasteiger partial charge is 0.347 e. The lowest BCUT2D eigenvalue weighted by Crippen LogP contribution is -2.32. The van der Waals surface area contributed by atoms with E-state index in [1.807, 2.05) is 12.1 Å². The lowest BCUT2D eigenvalue weighted by molar-refractivity contribution is 0.0941. The summed E-state index contributed by atoms with van der Waals surface area (Å²) < 4.78 is 0. The van der Waals surface area contributed by atoms with Crippen molar-refractivity contribution in [2.24, 2.45) is 11.8 Å². The van der Waals surface area contributed by atoms with Crippen LogP contribution in [0.1, 0.15) is 10.5 Å². The number of hydrogen-bond acceptors (Lipinski definition) is 3. The fourth-order valence-electron chi connectivity index (χ4n) is 2.35. The molecule has 3 rings (SSSR count). The fraction of sp³-hybridized carbons (Fsp3) is 0.455. The maximum absolute atomic E-state index is 11.7. The van der Waals surface area contributed by atoms with Gasteiger partial charge in [-0.2, -0.15) is 0 Å². The number of nitrogens with zero attached hydrogens (tertiary/aromatic N) is 1. The SMILES string of the molecule is Cl.Cl.O=C(NC1C2CNCC21)c1ccccn1. The number of carbonyl (C=O) groups excluding carboxylic acids is 1. The van der Waals surface area contributed by atoms with Crippen LogP contribution in [0.5, 0.6) is 0 Å². The third kappa shape index (κ3) is 2.70. The Morgan fingerprint density at radius 1 is 1.29 bits per heavy atom. The molecule has 2 heterocycles. The Labute approximate surface area is 112 Å². The van der Waals surface area contributed by atoms with E-state index in [0.717, 1.165) is 13.1 Å². The highest BCUT2D eigenvalue weighted by Crippen LogP contribution is 2.41. The lowest BCUT2D eigenvalue weighted by atomic mass is 10.3. The van der Waals surface area contributed by atoms with Gasteiger partial charge in [0.1, 0.15) is 5.69 Å². The predicted octanol–water partition coefficient (Wildman–Crippen LogP) is 0.873. The number of fused-ring (bicyclic) bond motifs is 1. The molecule has 17 heavy (non-hydrogen) atoms. The summed E-state index contributed by atoms with van der Waals surface area (Å²) in [7, 11) is 0. The van der Waals surface area contributed by atoms with Crippen LogP contribution >= 0.6 is 24.8 Å². The summed E-state index contributed by atoms with van der Waals surface area (Å²) in [4.78, 5) is 15.8. The molecule has 2 fully saturated rings. The van der Waals surface area contributed by atoms with Crippen molar-refractivity contribution in [3.63, 3.8) is 0 Å². The van der Waals surface area contributed by atoms with Gasteiger partial charge in [0.15, 0.2) is 0 Å². The van der Waals surface area contributed by atoms with Gasteiger partial charge in [-0.05, 0) is 24.0 Å². The molecule has 1 saturated heterocycles. The van der Waals surface area contributed by atoms with E-state index in [0.29, 0.717) is 23.6 Å². The first kappa shape index (κ1) is 14.2. The molecule has 6 heteroatoms. The molecule has 0 aromatic carbocycles. The van der Waals surface area contributed by atoms with Crippen LogP contribution in [0, 0.1) is 11.8 Å². The minimum absolute atomic E-state index is 0. The van der Waals surface area contributed by atoms with Gasteiger partial charge in [0, 0.05) is 25.3 Å². The molecule has 2 unspecified atom stereocenters. The van der Waals surface area contributed by atoms with E-state index in [-0.39, 0.29) is 30.7 Å². The number of nitrogens with one attached hydrogen (secondary N) is 2. The number of piperidine rings is 1. The van der Waals surface area contributed by atoms with E-state index in [1.165, 1.54) is 0 Å². The topological polar surface area (TPSA) is 54.0 Å². The monoisotopic (exact) mass is 275 g/mol. The van der Waals surface area contributed by atoms with Crippen LogP contribution in [0.2, 0.25) is 0 Å². The molecule has 0 radical (unpaired) electrons. The highest BCUT2D eigenvalue weighted by Gasteiger charge is 2.53. The molecule has 2 aliphatic rings. The van der Waals surface area contributed by atoms with Gasteiger partial charge in [-0.3, -0.25) is 9.78 Å². The van der Waals surface area contributed by atoms with Gasteiger partial charge in [0.25, 0.3) is 5.91 Å². The van der Waals surface area contributed by atoms with Crippen molar-refractivity contribution >= 4 is 30.7 Å². The quantitative estimate of drug-likeness (QED) is 0.843. The Balaban J connectivity index is 0.000000722. The Bertz CT molecular complexity index is 378. The molecule has 0 bridgehead atoms. The van der Waals surface area contributed by atoms with Gasteiger partial charge in [-0.1, -0.05) is 6.07 Å². The van der Waals surface area contributed by atoms with E-state index in [2.05, 4.69) is 15.6 Å². The number of rotatable bonds is 2. The van der Waals surface area contributed by atoms with Crippen LogP contribution in [0.25, 0.3) is 0 Å². The smallest absolute Gasteiger partial charge is 0.270 e. The highest BCUT2D eigenvalue weighted by molar-refractivity contribution is 5.92. The second-order valence-electron chi connectivity index (χ2n) is 4.20. The second kappa shape index (κ2) is 5.67. The van der Waals surface area contributed by atoms with Crippen molar-refractivity contribution in [1.29, 1.82) is 0 Å². The molecule has 1 aromatic heterocycles. The zero-order chi connectivity index (χ0) is 10.3. The molecule has 0 spiro atoms. The first-order valence-electron chi connectivity index (χ1n) is 5.29. The van der Waals surface area contributed by atoms with Gasteiger partial charge >= 0.3 is 0 Å². The molecule has 2 atom stereocenters. The highest BCUT2D eigenvalue weighted by atomic mass is 35.5. The van der Waals surface area contributed by atoms with E-state index in [9.17, 15) is 4.79 Å². The predicted molar refractivity (Wildman–Crippen MR) is 69.8 cm³/mol. The van der Waals surface area contributed by atoms with Crippen LogP contribution in [-0.2, 0) is 0 Å². The second-order valence-corrected chi connectivity index (χ2v) is 4.20. The summed E-state index contributed by atoms with van der Waals surface area (Å²) >= 11 is 0. The van der Waals surface area contributed by atoms with Crippen molar-refractivity contribution in [1.82, 2.24) is 15.6 Å². The molecule has 1 saturated carbocycles. The minimum atomic E-state index is -0.0463. The first-order chi connectivity index (χ1) is 7.36. The van der Waals surface area contributed by atoms with Crippen LogP contribution in [0.15, 0.2) is 24.4 Å². The van der Waals surface area contributed by atoms with Gasteiger partial charge in [-0.15, -0.1) is 24.8 Å². The molecule has 1 aliphatic heterocycles. The van der Waals surface area contributed by atoms with E-state index in [1.54, 1.807) is 12.3 Å². The number of aromatic nitrogens is 1. The summed E-state index contributed by atoms with van der Waals surface area (Å²) in [5.41, 5.74) is 0.510. The van der Waals surface area contributed by atoms with Gasteiger partial charge in [0.2, 0.25) is 0 Å². The maximum atomic E-state index is 11.7. The van der Waals surface area contributed by atoms with Gasteiger partial charge in [0.05, 0.1) is 0 Å². The Hall–Kier alpha value is -0.840. The van der Waals surface area contributed by atoms with E-state index >= 15 is 0 Å². The summed E-state index contributed by atoms with van der Waals surface area (Å²) in [5, 5.41) is 6.33. The Morgan fingerprint density at radius 3 is 2.59 bits per heavy atom. The molecular formula is C11H15Cl2N3O. The fourth-order valence-corrected chi connectivity index (χ4v) is 2.35. The van der Waals surface area contributed by atoms with E-state index in [4.69, 9.17) is 0 Å². The molecule has 4 nitrogen and oxygen atoms in total. The molecular weight excluding hydrogens is 261 g/mol. The maximum Gasteiger partial charge on any atom is 0.270 e. The van der Waals surface area contributed by atoms with Crippen molar-refractivity contribution in [2.75, 3.05) is 13.1 Å². The zero-order valence-electron chi connectivity index (χ0n) is 9.13. The average molecular weight is 276 g/mol. The van der Waals surface area contributed by atoms with Crippen LogP contribution in [-0.4, -0.2) is 30.0 Å². The third-order valence-corrected chi connectivity index (χ3v) is 3.29. The summed E-state index contributed by atoms with van der Waals surface area (Å²) in [6.07, 6.45) is 1.64. The van der Waals surface area contributed by atoms with Gasteiger partial charge < -0.3 is 10.6 Å². The lowest BCUT2D eigenvalue weighted by Gasteiger charge is -2.06. The van der Waals surface area contributed by atoms with Crippen molar-refractivity contribution in [2.45, 2.75) is 6.04 Å². The molecule has 2 N–H and O–H groups in total. The van der Waals surface area contributed by atoms with Crippen LogP contribution in [0.3, 0.4) is 0 Å². The average Bonchev–Trinajstić information content (AvgIpc) is 2.75. The summed E-state index contributed by atoms with van der Waals surface area (Å²) in [5.74, 6) is 1.25. The summed E-state index contributed by atoms with van der Waals surface area (Å²) in [6.45, 7) is 2.08. The van der Waals surface area contributed by atoms with Crippen molar-refractivity contribution in [3.05, 3.63) is 30.1 Å². The number of halogens is 2. The minimum Gasteiger partial charge on any atom is -0.347 e. The van der Waals surface area contributed by atoms with Crippen LogP contribution < -0.4 is 10.6 Å². The third-order valence-electron chi connectivity index (χ3n) is 3.29. The van der Waals surface area contributed by atoms with Crippen LogP contribution in [0.4, 0.5) is 0 Å². The van der Waals surface area contributed by atoms with Gasteiger partial charge in [-0.25, -0.2) is 0 Å². The summed E-state index contributed by atoms with van der Waals surface area (Å²) in [6, 6.07) is 5.76. The Morgan fingerprint density at radius 2 is 2.00 bits per heavy atom. The first-order valence-corrected chi connectivity index (χ1v) is 5.29. The number of pyridine rings is 1. The normalized spacial score (nSPS) is 28.4. The molecule has 1 amide bonds. The standard InChI is InChI=1S/C11H13N3O.2ClH/c15-11(9-3-1-2-4-13-9)14-10-7-5-12-6-8(7)10;;/h1-4,7-8,10,12H,5-6H2,(H,14,15);2*1H. The molecule has 1 aromatic rings. The van der Waals surface area contributed by atoms with Crippen molar-refractivity contribution in [3.8, 4) is 0 Å². The number of carbonyl (C=O) groups is 1. The van der Waals surface area contributed by atoms with Crippen molar-refractivity contribution < 1.29 is 4.79 Å². The van der Waals surface area contributed by atoms with E-state index < -0.39 is 0 Å². The molecule has 94 valence electrons. The zero-order valence-corrected chi connectivity index (χ0v) is 10.8. The number of hydrogen-bond donors (Lipinski definition) is 2. The Kier molecular flexibility index (Phi) is 4.74. The molecule has 1 aliphatic carbocycles.